The Hall–Kier alpha value is -6.72. The molecular formula is C54H43BN4. The molecule has 0 spiro atoms. The number of hydrogen-bond donors (Lipinski definition) is 0. The minimum absolute atomic E-state index is 0.00204. The molecule has 0 unspecified atom stereocenters. The monoisotopic (exact) mass is 758 g/mol. The van der Waals surface area contributed by atoms with Crippen molar-refractivity contribution in [2.75, 3.05) is 0 Å². The van der Waals surface area contributed by atoms with Crippen LogP contribution in [0.2, 0.25) is 0 Å². The maximum Gasteiger partial charge on any atom is 0.252 e. The molecule has 10 aromatic rings. The molecule has 0 radical (unpaired) electrons. The van der Waals surface area contributed by atoms with E-state index in [1.165, 1.54) is 105 Å². The lowest BCUT2D eigenvalue weighted by atomic mass is 9.34. The molecule has 59 heavy (non-hydrogen) atoms. The van der Waals surface area contributed by atoms with Crippen molar-refractivity contribution in [3.8, 4) is 45.0 Å². The third-order valence-corrected chi connectivity index (χ3v) is 13.1. The molecule has 0 atom stereocenters. The topological polar surface area (TPSA) is 35.6 Å². The fraction of sp³-hybridized carbons (Fsp3) is 0.148. The fourth-order valence-electron chi connectivity index (χ4n) is 10.2. The molecule has 12 rings (SSSR count). The van der Waals surface area contributed by atoms with Crippen molar-refractivity contribution in [2.45, 2.75) is 52.4 Å². The van der Waals surface area contributed by atoms with Crippen LogP contribution in [0.3, 0.4) is 0 Å². The van der Waals surface area contributed by atoms with Gasteiger partial charge in [0.15, 0.2) is 5.82 Å². The molecule has 2 aliphatic heterocycles. The van der Waals surface area contributed by atoms with Crippen LogP contribution in [0.4, 0.5) is 0 Å². The predicted octanol–water partition coefficient (Wildman–Crippen LogP) is 11.4. The summed E-state index contributed by atoms with van der Waals surface area (Å²) in [5.74, 6) is 0.726. The molecule has 5 heteroatoms. The van der Waals surface area contributed by atoms with Crippen molar-refractivity contribution in [3.05, 3.63) is 163 Å². The number of rotatable bonds is 3. The third-order valence-electron chi connectivity index (χ3n) is 13.1. The van der Waals surface area contributed by atoms with E-state index in [0.717, 1.165) is 11.4 Å². The van der Waals surface area contributed by atoms with Gasteiger partial charge >= 0.3 is 0 Å². The lowest BCUT2D eigenvalue weighted by Crippen LogP contribution is -2.59. The van der Waals surface area contributed by atoms with Crippen LogP contribution in [0.5, 0.6) is 0 Å². The van der Waals surface area contributed by atoms with Gasteiger partial charge < -0.3 is 9.13 Å². The normalized spacial score (nSPS) is 13.2. The first-order valence-electron chi connectivity index (χ1n) is 20.8. The molecule has 7 aromatic carbocycles. The van der Waals surface area contributed by atoms with Gasteiger partial charge in [-0.1, -0.05) is 126 Å². The average molecular weight is 759 g/mol. The SMILES string of the molecule is CC(C)(C)c1ccc2c(c1)c1cc(-c3ccccc3)cc3c1n2-c1cc(-c2ncccn2)cc2c1B3c1cc(-c3ccccc3)cc3c4cc(C(C)(C)C)ccc4n-2c13. The molecule has 282 valence electrons. The van der Waals surface area contributed by atoms with Gasteiger partial charge in [-0.3, -0.25) is 0 Å². The Morgan fingerprint density at radius 2 is 0.881 bits per heavy atom. The van der Waals surface area contributed by atoms with Crippen molar-refractivity contribution in [2.24, 2.45) is 0 Å². The van der Waals surface area contributed by atoms with Crippen molar-refractivity contribution in [1.29, 1.82) is 0 Å². The second-order valence-electron chi connectivity index (χ2n) is 18.7. The summed E-state index contributed by atoms with van der Waals surface area (Å²) in [5, 5.41) is 5.13. The minimum atomic E-state index is -0.0270. The molecule has 0 aliphatic carbocycles. The zero-order chi connectivity index (χ0) is 39.9. The molecule has 0 fully saturated rings. The summed E-state index contributed by atoms with van der Waals surface area (Å²) < 4.78 is 5.13. The van der Waals surface area contributed by atoms with Gasteiger partial charge in [0.25, 0.3) is 6.71 Å². The first kappa shape index (κ1) is 34.3. The maximum atomic E-state index is 4.83. The van der Waals surface area contributed by atoms with Crippen LogP contribution in [-0.2, 0) is 10.8 Å². The van der Waals surface area contributed by atoms with Crippen LogP contribution >= 0.6 is 0 Å². The van der Waals surface area contributed by atoms with Gasteiger partial charge in [0.05, 0.1) is 11.0 Å². The third kappa shape index (κ3) is 4.91. The summed E-state index contributed by atoms with van der Waals surface area (Å²) in [5.41, 5.74) is 20.0. The fourth-order valence-corrected chi connectivity index (χ4v) is 10.2. The van der Waals surface area contributed by atoms with Gasteiger partial charge in [0.2, 0.25) is 0 Å². The summed E-state index contributed by atoms with van der Waals surface area (Å²) in [7, 11) is 0. The molecule has 4 nitrogen and oxygen atoms in total. The van der Waals surface area contributed by atoms with E-state index >= 15 is 0 Å². The lowest BCUT2D eigenvalue weighted by molar-refractivity contribution is 0.591. The molecule has 0 saturated carbocycles. The number of hydrogen-bond acceptors (Lipinski definition) is 2. The van der Waals surface area contributed by atoms with E-state index in [-0.39, 0.29) is 17.5 Å². The van der Waals surface area contributed by atoms with Crippen molar-refractivity contribution in [1.82, 2.24) is 19.1 Å². The molecule has 0 saturated heterocycles. The van der Waals surface area contributed by atoms with Gasteiger partial charge in [0, 0.05) is 61.9 Å². The van der Waals surface area contributed by atoms with Gasteiger partial charge in [-0.15, -0.1) is 0 Å². The van der Waals surface area contributed by atoms with Crippen LogP contribution in [0.25, 0.3) is 88.6 Å². The highest BCUT2D eigenvalue weighted by Crippen LogP contribution is 2.44. The number of nitrogens with zero attached hydrogens (tertiary/aromatic N) is 4. The first-order valence-corrected chi connectivity index (χ1v) is 20.8. The Kier molecular flexibility index (Phi) is 6.94. The van der Waals surface area contributed by atoms with E-state index in [9.17, 15) is 0 Å². The van der Waals surface area contributed by atoms with Gasteiger partial charge in [-0.2, -0.15) is 0 Å². The molecule has 0 bridgehead atoms. The van der Waals surface area contributed by atoms with Crippen LogP contribution < -0.4 is 16.4 Å². The summed E-state index contributed by atoms with van der Waals surface area (Å²) in [6, 6.07) is 52.7. The Bertz CT molecular complexity index is 3180. The van der Waals surface area contributed by atoms with E-state index < -0.39 is 0 Å². The standard InChI is InChI=1S/C54H43BN4/c1-53(2,3)37-18-20-45-39(30-37)41-24-34(32-14-9-7-10-15-32)26-43-50(41)58(45)47-28-36(52-56-22-13-23-57-52)29-48-49(47)55(43)44-27-35(33-16-11-8-12-17-33)25-42-40-31-38(54(4,5)6)19-21-46(40)59(48)51(42)44/h7-31H,1-6H3. The quantitative estimate of drug-likeness (QED) is 0.168. The van der Waals surface area contributed by atoms with Crippen molar-refractivity contribution < 1.29 is 0 Å². The zero-order valence-corrected chi connectivity index (χ0v) is 34.3. The molecule has 3 aromatic heterocycles. The largest absolute Gasteiger partial charge is 0.310 e. The Balaban J connectivity index is 1.30. The van der Waals surface area contributed by atoms with Gasteiger partial charge in [0.1, 0.15) is 0 Å². The Morgan fingerprint density at radius 3 is 1.32 bits per heavy atom. The summed E-state index contributed by atoms with van der Waals surface area (Å²) >= 11 is 0. The highest BCUT2D eigenvalue weighted by atomic mass is 15.0. The number of fused-ring (bicyclic) bond motifs is 10. The molecule has 2 aliphatic rings. The van der Waals surface area contributed by atoms with E-state index in [4.69, 9.17) is 9.97 Å². The Morgan fingerprint density at radius 1 is 0.424 bits per heavy atom. The molecular weight excluding hydrogens is 715 g/mol. The predicted molar refractivity (Wildman–Crippen MR) is 249 cm³/mol. The molecule has 0 N–H and O–H groups in total. The van der Waals surface area contributed by atoms with Gasteiger partial charge in [-0.25, -0.2) is 9.97 Å². The van der Waals surface area contributed by atoms with Crippen LogP contribution in [0.1, 0.15) is 52.7 Å². The van der Waals surface area contributed by atoms with E-state index in [1.807, 2.05) is 18.5 Å². The van der Waals surface area contributed by atoms with Crippen molar-refractivity contribution >= 4 is 66.7 Å². The molecule has 0 amide bonds. The van der Waals surface area contributed by atoms with E-state index in [0.29, 0.717) is 0 Å². The lowest BCUT2D eigenvalue weighted by Gasteiger charge is -2.34. The molecule has 5 heterocycles. The highest BCUT2D eigenvalue weighted by molar-refractivity contribution is 7.00. The summed E-state index contributed by atoms with van der Waals surface area (Å²) in [4.78, 5) is 9.67. The minimum Gasteiger partial charge on any atom is -0.310 e. The summed E-state index contributed by atoms with van der Waals surface area (Å²) in [6.45, 7) is 13.8. The second-order valence-corrected chi connectivity index (χ2v) is 18.7. The smallest absolute Gasteiger partial charge is 0.252 e. The van der Waals surface area contributed by atoms with Crippen molar-refractivity contribution in [3.63, 3.8) is 0 Å². The maximum absolute atomic E-state index is 4.83. The highest BCUT2D eigenvalue weighted by Gasteiger charge is 2.42. The second kappa shape index (κ2) is 11.9. The van der Waals surface area contributed by atoms with Crippen LogP contribution in [0, 0.1) is 0 Å². The number of aromatic nitrogens is 4. The average Bonchev–Trinajstić information content (AvgIpc) is 3.76. The van der Waals surface area contributed by atoms with E-state index in [2.05, 4.69) is 184 Å². The van der Waals surface area contributed by atoms with E-state index in [1.54, 1.807) is 0 Å². The summed E-state index contributed by atoms with van der Waals surface area (Å²) in [6.07, 6.45) is 3.71. The first-order chi connectivity index (χ1) is 28.5. The van der Waals surface area contributed by atoms with Crippen LogP contribution in [0.15, 0.2) is 152 Å². The number of benzene rings is 7. The Labute approximate surface area is 344 Å². The van der Waals surface area contributed by atoms with Gasteiger partial charge in [-0.05, 0) is 115 Å². The zero-order valence-electron chi connectivity index (χ0n) is 34.3. The van der Waals surface area contributed by atoms with Crippen LogP contribution in [-0.4, -0.2) is 25.8 Å².